The van der Waals surface area contributed by atoms with Gasteiger partial charge in [-0.15, -0.1) is 0 Å². The molecule has 0 bridgehead atoms. The van der Waals surface area contributed by atoms with Crippen molar-refractivity contribution < 1.29 is 13.5 Å². The van der Waals surface area contributed by atoms with Gasteiger partial charge in [0.05, 0.1) is 10.9 Å². The molecule has 4 nitrogen and oxygen atoms in total. The normalized spacial score (nSPS) is 28.5. The summed E-state index contributed by atoms with van der Waals surface area (Å²) in [5.41, 5.74) is -0.307. The van der Waals surface area contributed by atoms with Gasteiger partial charge >= 0.3 is 0 Å². The number of aliphatic hydroxyl groups is 1. The predicted molar refractivity (Wildman–Crippen MR) is 73.1 cm³/mol. The monoisotopic (exact) mass is 333 g/mol. The molecule has 0 radical (unpaired) electrons. The summed E-state index contributed by atoms with van der Waals surface area (Å²) in [6.45, 7) is 0. The highest BCUT2D eigenvalue weighted by molar-refractivity contribution is 9.10. The zero-order valence-corrected chi connectivity index (χ0v) is 12.5. The molecule has 0 aromatic carbocycles. The molecule has 2 atom stereocenters. The topological polar surface area (TPSA) is 67.3 Å². The Morgan fingerprint density at radius 1 is 1.56 bits per heavy atom. The first kappa shape index (κ1) is 14.0. The molecule has 2 rings (SSSR count). The lowest BCUT2D eigenvalue weighted by Gasteiger charge is -2.28. The summed E-state index contributed by atoms with van der Waals surface area (Å²) in [6, 6.07) is 1.86. The molecule has 1 aliphatic carbocycles. The molecule has 0 spiro atoms. The van der Waals surface area contributed by atoms with Gasteiger partial charge in [-0.25, -0.2) is 8.42 Å². The zero-order chi connectivity index (χ0) is 13.4. The molecular weight excluding hydrogens is 318 g/mol. The van der Waals surface area contributed by atoms with Gasteiger partial charge in [0.1, 0.15) is 0 Å². The van der Waals surface area contributed by atoms with E-state index in [2.05, 4.69) is 20.9 Å². The molecule has 1 aromatic rings. The Hall–Kier alpha value is -0.460. The molecule has 0 saturated heterocycles. The summed E-state index contributed by atoms with van der Waals surface area (Å²) >= 11 is 3.32. The van der Waals surface area contributed by atoms with E-state index in [-0.39, 0.29) is 0 Å². The van der Waals surface area contributed by atoms with Gasteiger partial charge in [0.2, 0.25) is 0 Å². The summed E-state index contributed by atoms with van der Waals surface area (Å²) in [7, 11) is -3.22. The van der Waals surface area contributed by atoms with Crippen LogP contribution in [0.15, 0.2) is 22.9 Å². The van der Waals surface area contributed by atoms with Crippen molar-refractivity contribution in [2.45, 2.75) is 36.5 Å². The van der Waals surface area contributed by atoms with E-state index in [9.17, 15) is 13.5 Å². The fourth-order valence-electron chi connectivity index (χ4n) is 2.74. The van der Waals surface area contributed by atoms with Crippen LogP contribution in [0.3, 0.4) is 0 Å². The number of rotatable bonds is 3. The standard InChI is InChI=1S/C12H16BrNO3S/c1-18(16,17)11-3-2-4-12(11,15)6-9-5-10(13)8-14-7-9/h5,7-8,11,15H,2-4,6H2,1H3. The maximum atomic E-state index is 11.7. The molecule has 1 aromatic heterocycles. The van der Waals surface area contributed by atoms with Crippen molar-refractivity contribution >= 4 is 25.8 Å². The lowest BCUT2D eigenvalue weighted by atomic mass is 9.93. The summed E-state index contributed by atoms with van der Waals surface area (Å²) in [4.78, 5) is 4.04. The number of hydrogen-bond donors (Lipinski definition) is 1. The van der Waals surface area contributed by atoms with Gasteiger partial charge in [-0.3, -0.25) is 4.98 Å². The van der Waals surface area contributed by atoms with Crippen LogP contribution in [0.25, 0.3) is 0 Å². The minimum absolute atomic E-state index is 0.331. The molecule has 100 valence electrons. The second-order valence-corrected chi connectivity index (χ2v) is 8.15. The quantitative estimate of drug-likeness (QED) is 0.914. The zero-order valence-electron chi connectivity index (χ0n) is 10.1. The van der Waals surface area contributed by atoms with E-state index in [0.717, 1.165) is 16.5 Å². The highest BCUT2D eigenvalue weighted by atomic mass is 79.9. The van der Waals surface area contributed by atoms with Crippen molar-refractivity contribution in [2.24, 2.45) is 0 Å². The third-order valence-corrected chi connectivity index (χ3v) is 5.61. The van der Waals surface area contributed by atoms with Crippen LogP contribution in [-0.2, 0) is 16.3 Å². The molecule has 18 heavy (non-hydrogen) atoms. The van der Waals surface area contributed by atoms with Gasteiger partial charge in [-0.05, 0) is 46.8 Å². The molecule has 1 heterocycles. The molecule has 6 heteroatoms. The average molecular weight is 334 g/mol. The van der Waals surface area contributed by atoms with E-state index < -0.39 is 20.7 Å². The van der Waals surface area contributed by atoms with Crippen LogP contribution in [0, 0.1) is 0 Å². The van der Waals surface area contributed by atoms with Gasteiger partial charge < -0.3 is 5.11 Å². The van der Waals surface area contributed by atoms with Crippen molar-refractivity contribution in [3.8, 4) is 0 Å². The minimum atomic E-state index is -3.22. The van der Waals surface area contributed by atoms with Crippen LogP contribution in [0.5, 0.6) is 0 Å². The SMILES string of the molecule is CS(=O)(=O)C1CCCC1(O)Cc1cncc(Br)c1. The van der Waals surface area contributed by atoms with Crippen LogP contribution >= 0.6 is 15.9 Å². The highest BCUT2D eigenvalue weighted by Crippen LogP contribution is 2.37. The first-order valence-electron chi connectivity index (χ1n) is 5.82. The molecule has 1 saturated carbocycles. The maximum absolute atomic E-state index is 11.7. The summed E-state index contributed by atoms with van der Waals surface area (Å²) in [5, 5.41) is 9.95. The largest absolute Gasteiger partial charge is 0.388 e. The average Bonchev–Trinajstić information content (AvgIpc) is 2.59. The molecule has 2 unspecified atom stereocenters. The van der Waals surface area contributed by atoms with Crippen LogP contribution in [0.1, 0.15) is 24.8 Å². The van der Waals surface area contributed by atoms with E-state index in [0.29, 0.717) is 19.3 Å². The Balaban J connectivity index is 2.26. The van der Waals surface area contributed by atoms with E-state index >= 15 is 0 Å². The molecule has 0 aliphatic heterocycles. The van der Waals surface area contributed by atoms with Crippen molar-refractivity contribution in [3.05, 3.63) is 28.5 Å². The second-order valence-electron chi connectivity index (χ2n) is 5.00. The number of aromatic nitrogens is 1. The molecule has 1 fully saturated rings. The van der Waals surface area contributed by atoms with Crippen LogP contribution in [0.2, 0.25) is 0 Å². The van der Waals surface area contributed by atoms with Gasteiger partial charge in [0.15, 0.2) is 9.84 Å². The van der Waals surface area contributed by atoms with Gasteiger partial charge in [-0.2, -0.15) is 0 Å². The van der Waals surface area contributed by atoms with E-state index in [1.807, 2.05) is 6.07 Å². The maximum Gasteiger partial charge on any atom is 0.153 e. The Labute approximate surface area is 115 Å². The fourth-order valence-corrected chi connectivity index (χ4v) is 4.75. The van der Waals surface area contributed by atoms with Crippen LogP contribution < -0.4 is 0 Å². The van der Waals surface area contributed by atoms with Crippen LogP contribution in [0.4, 0.5) is 0 Å². The lowest BCUT2D eigenvalue weighted by Crippen LogP contribution is -2.44. The van der Waals surface area contributed by atoms with Crippen LogP contribution in [-0.4, -0.2) is 35.6 Å². The number of pyridine rings is 1. The third kappa shape index (κ3) is 2.92. The number of sulfone groups is 1. The van der Waals surface area contributed by atoms with E-state index in [1.54, 1.807) is 12.4 Å². The van der Waals surface area contributed by atoms with Crippen molar-refractivity contribution in [1.82, 2.24) is 4.98 Å². The molecule has 1 aliphatic rings. The first-order chi connectivity index (χ1) is 8.31. The number of hydrogen-bond acceptors (Lipinski definition) is 4. The predicted octanol–water partition coefficient (Wildman–Crippen LogP) is 1.71. The number of nitrogens with zero attached hydrogens (tertiary/aromatic N) is 1. The Bertz CT molecular complexity index is 546. The van der Waals surface area contributed by atoms with E-state index in [4.69, 9.17) is 0 Å². The first-order valence-corrected chi connectivity index (χ1v) is 8.57. The second kappa shape index (κ2) is 4.90. The van der Waals surface area contributed by atoms with Crippen molar-refractivity contribution in [1.29, 1.82) is 0 Å². The molecular formula is C12H16BrNO3S. The third-order valence-electron chi connectivity index (χ3n) is 3.46. The van der Waals surface area contributed by atoms with Gasteiger partial charge in [0.25, 0.3) is 0 Å². The summed E-state index contributed by atoms with van der Waals surface area (Å²) < 4.78 is 24.3. The highest BCUT2D eigenvalue weighted by Gasteiger charge is 2.46. The Kier molecular flexibility index (Phi) is 3.80. The van der Waals surface area contributed by atoms with Gasteiger partial charge in [-0.1, -0.05) is 0 Å². The summed E-state index contributed by atoms with van der Waals surface area (Å²) in [5.74, 6) is 0. The Morgan fingerprint density at radius 2 is 2.28 bits per heavy atom. The molecule has 1 N–H and O–H groups in total. The van der Waals surface area contributed by atoms with Gasteiger partial charge in [0, 0.05) is 29.5 Å². The smallest absolute Gasteiger partial charge is 0.153 e. The van der Waals surface area contributed by atoms with E-state index in [1.165, 1.54) is 6.26 Å². The molecule has 0 amide bonds. The fraction of sp³-hybridized carbons (Fsp3) is 0.583. The summed E-state index contributed by atoms with van der Waals surface area (Å²) in [6.07, 6.45) is 6.67. The van der Waals surface area contributed by atoms with Crippen molar-refractivity contribution in [2.75, 3.05) is 6.26 Å². The minimum Gasteiger partial charge on any atom is -0.388 e. The lowest BCUT2D eigenvalue weighted by molar-refractivity contribution is 0.0512. The number of halogens is 1. The Morgan fingerprint density at radius 3 is 2.89 bits per heavy atom. The van der Waals surface area contributed by atoms with Crippen molar-refractivity contribution in [3.63, 3.8) is 0 Å².